The highest BCUT2D eigenvalue weighted by atomic mass is 16.5. The molecule has 26 heavy (non-hydrogen) atoms. The molecule has 1 amide bonds. The third kappa shape index (κ3) is 2.54. The smallest absolute Gasteiger partial charge is 0.338 e. The first-order valence-electron chi connectivity index (χ1n) is 8.48. The lowest BCUT2D eigenvalue weighted by Gasteiger charge is -2.14. The van der Waals surface area contributed by atoms with Crippen molar-refractivity contribution in [1.82, 2.24) is 24.0 Å². The summed E-state index contributed by atoms with van der Waals surface area (Å²) in [5.41, 5.74) is 1.23. The first-order chi connectivity index (χ1) is 12.6. The Balaban J connectivity index is 1.84. The van der Waals surface area contributed by atoms with Gasteiger partial charge in [0.2, 0.25) is 0 Å². The Morgan fingerprint density at radius 2 is 1.85 bits per heavy atom. The van der Waals surface area contributed by atoms with Gasteiger partial charge >= 0.3 is 11.7 Å². The highest BCUT2D eigenvalue weighted by Gasteiger charge is 2.25. The number of carbonyl (C=O) groups excluding carboxylic acids is 1. The van der Waals surface area contributed by atoms with Crippen LogP contribution in [-0.4, -0.2) is 50.2 Å². The highest BCUT2D eigenvalue weighted by Crippen LogP contribution is 2.21. The summed E-state index contributed by atoms with van der Waals surface area (Å²) < 4.78 is 7.71. The van der Waals surface area contributed by atoms with Gasteiger partial charge in [0.05, 0.1) is 13.3 Å². The molecule has 0 aliphatic carbocycles. The average molecular weight is 353 g/mol. The fourth-order valence-electron chi connectivity index (χ4n) is 3.21. The van der Waals surface area contributed by atoms with Crippen LogP contribution in [0.3, 0.4) is 0 Å². The predicted octanol–water partition coefficient (Wildman–Crippen LogP) is 1.87. The summed E-state index contributed by atoms with van der Waals surface area (Å²) in [5, 5.41) is 0. The van der Waals surface area contributed by atoms with E-state index in [1.54, 1.807) is 25.3 Å². The van der Waals surface area contributed by atoms with Gasteiger partial charge in [-0.1, -0.05) is 0 Å². The zero-order valence-electron chi connectivity index (χ0n) is 14.7. The van der Waals surface area contributed by atoms with Crippen LogP contribution in [0.2, 0.25) is 0 Å². The molecule has 134 valence electrons. The number of hydrogen-bond donors (Lipinski definition) is 0. The highest BCUT2D eigenvalue weighted by molar-refractivity contribution is 5.87. The molecule has 0 bridgehead atoms. The quantitative estimate of drug-likeness (QED) is 0.702. The summed E-state index contributed by atoms with van der Waals surface area (Å²) in [4.78, 5) is 36.0. The van der Waals surface area contributed by atoms with Crippen LogP contribution in [0.5, 0.6) is 5.75 Å². The normalized spacial score (nSPS) is 14.2. The summed E-state index contributed by atoms with van der Waals surface area (Å²) in [6, 6.07) is 6.99. The third-order valence-electron chi connectivity index (χ3n) is 4.72. The monoisotopic (exact) mass is 353 g/mol. The lowest BCUT2D eigenvalue weighted by Crippen LogP contribution is -2.38. The van der Waals surface area contributed by atoms with Gasteiger partial charge < -0.3 is 9.64 Å². The van der Waals surface area contributed by atoms with E-state index in [9.17, 15) is 9.59 Å². The molecule has 3 aromatic rings. The summed E-state index contributed by atoms with van der Waals surface area (Å²) in [5.74, 6) is 1.18. The van der Waals surface area contributed by atoms with E-state index in [1.807, 2.05) is 24.3 Å². The topological polar surface area (TPSA) is 82.2 Å². The first kappa shape index (κ1) is 16.3. The van der Waals surface area contributed by atoms with E-state index in [-0.39, 0.29) is 6.03 Å². The lowest BCUT2D eigenvalue weighted by atomic mass is 10.2. The Morgan fingerprint density at radius 1 is 1.15 bits per heavy atom. The summed E-state index contributed by atoms with van der Waals surface area (Å²) >= 11 is 0. The standard InChI is InChI=1S/C18H19N5O3/c1-21-14-11-19-15(12-5-7-13(26-2)8-6-12)20-16(14)23(17(21)24)18(25)22-9-3-4-10-22/h5-8,11H,3-4,9-10H2,1-2H3. The van der Waals surface area contributed by atoms with E-state index in [1.165, 1.54) is 4.57 Å². The largest absolute Gasteiger partial charge is 0.497 e. The van der Waals surface area contributed by atoms with Gasteiger partial charge in [0.15, 0.2) is 11.5 Å². The maximum absolute atomic E-state index is 12.8. The molecule has 1 aliphatic heterocycles. The molecule has 0 atom stereocenters. The lowest BCUT2D eigenvalue weighted by molar-refractivity contribution is 0.210. The number of imidazole rings is 1. The predicted molar refractivity (Wildman–Crippen MR) is 96.4 cm³/mol. The number of ether oxygens (including phenoxy) is 1. The first-order valence-corrected chi connectivity index (χ1v) is 8.48. The minimum atomic E-state index is -0.405. The second-order valence-electron chi connectivity index (χ2n) is 6.28. The van der Waals surface area contributed by atoms with E-state index in [2.05, 4.69) is 9.97 Å². The molecule has 0 spiro atoms. The van der Waals surface area contributed by atoms with Gasteiger partial charge in [0.25, 0.3) is 0 Å². The summed E-state index contributed by atoms with van der Waals surface area (Å²) in [6.45, 7) is 1.33. The van der Waals surface area contributed by atoms with Gasteiger partial charge in [0.1, 0.15) is 11.3 Å². The van der Waals surface area contributed by atoms with E-state index in [4.69, 9.17) is 4.74 Å². The number of likely N-dealkylation sites (tertiary alicyclic amines) is 1. The molecule has 3 heterocycles. The number of rotatable bonds is 2. The minimum absolute atomic E-state index is 0.322. The van der Waals surface area contributed by atoms with Crippen molar-refractivity contribution in [3.63, 3.8) is 0 Å². The van der Waals surface area contributed by atoms with Crippen LogP contribution in [0, 0.1) is 0 Å². The van der Waals surface area contributed by atoms with Crippen LogP contribution < -0.4 is 10.4 Å². The fraction of sp³-hybridized carbons (Fsp3) is 0.333. The number of amides is 1. The summed E-state index contributed by atoms with van der Waals surface area (Å²) in [6.07, 6.45) is 3.49. The van der Waals surface area contributed by atoms with Gasteiger partial charge in [-0.3, -0.25) is 4.57 Å². The van der Waals surface area contributed by atoms with Crippen molar-refractivity contribution < 1.29 is 9.53 Å². The maximum Gasteiger partial charge on any atom is 0.338 e. The molecule has 2 aromatic heterocycles. The van der Waals surface area contributed by atoms with Crippen molar-refractivity contribution >= 4 is 17.2 Å². The van der Waals surface area contributed by atoms with Crippen molar-refractivity contribution in [3.05, 3.63) is 40.9 Å². The molecule has 8 nitrogen and oxygen atoms in total. The third-order valence-corrected chi connectivity index (χ3v) is 4.72. The van der Waals surface area contributed by atoms with Crippen LogP contribution in [0.4, 0.5) is 4.79 Å². The number of methoxy groups -OCH3 is 1. The average Bonchev–Trinajstić information content (AvgIpc) is 3.29. The van der Waals surface area contributed by atoms with Gasteiger partial charge in [-0.05, 0) is 37.1 Å². The van der Waals surface area contributed by atoms with Crippen molar-refractivity contribution in [2.75, 3.05) is 20.2 Å². The Bertz CT molecular complexity index is 1030. The molecule has 0 unspecified atom stereocenters. The van der Waals surface area contributed by atoms with E-state index >= 15 is 0 Å². The molecule has 4 rings (SSSR count). The summed E-state index contributed by atoms with van der Waals surface area (Å²) in [7, 11) is 3.22. The number of hydrogen-bond acceptors (Lipinski definition) is 5. The molecular weight excluding hydrogens is 334 g/mol. The molecule has 1 aromatic carbocycles. The van der Waals surface area contributed by atoms with Crippen molar-refractivity contribution in [3.8, 4) is 17.1 Å². The Labute approximate surface area is 149 Å². The van der Waals surface area contributed by atoms with E-state index in [0.29, 0.717) is 30.1 Å². The van der Waals surface area contributed by atoms with Crippen LogP contribution in [0.15, 0.2) is 35.3 Å². The van der Waals surface area contributed by atoms with Crippen molar-refractivity contribution in [1.29, 1.82) is 0 Å². The molecule has 8 heteroatoms. The van der Waals surface area contributed by atoms with Crippen molar-refractivity contribution in [2.45, 2.75) is 12.8 Å². The van der Waals surface area contributed by atoms with Gasteiger partial charge in [0, 0.05) is 25.7 Å². The van der Waals surface area contributed by atoms with Gasteiger partial charge in [-0.15, -0.1) is 0 Å². The van der Waals surface area contributed by atoms with Crippen LogP contribution in [0.1, 0.15) is 12.8 Å². The Kier molecular flexibility index (Phi) is 3.95. The van der Waals surface area contributed by atoms with E-state index < -0.39 is 5.69 Å². The number of carbonyl (C=O) groups is 1. The molecule has 0 radical (unpaired) electrons. The minimum Gasteiger partial charge on any atom is -0.497 e. The molecule has 0 saturated carbocycles. The number of aryl methyl sites for hydroxylation is 1. The molecule has 0 N–H and O–H groups in total. The van der Waals surface area contributed by atoms with E-state index in [0.717, 1.165) is 28.7 Å². The van der Waals surface area contributed by atoms with Gasteiger partial charge in [-0.25, -0.2) is 19.6 Å². The zero-order chi connectivity index (χ0) is 18.3. The Morgan fingerprint density at radius 3 is 2.50 bits per heavy atom. The number of aromatic nitrogens is 4. The molecule has 1 saturated heterocycles. The number of fused-ring (bicyclic) bond motifs is 1. The van der Waals surface area contributed by atoms with Crippen LogP contribution >= 0.6 is 0 Å². The SMILES string of the molecule is COc1ccc(-c2ncc3c(n2)n(C(=O)N2CCCC2)c(=O)n3C)cc1. The second kappa shape index (κ2) is 6.29. The molecule has 1 aliphatic rings. The molecular formula is C18H19N5O3. The Hall–Kier alpha value is -3.16. The van der Waals surface area contributed by atoms with Crippen LogP contribution in [0.25, 0.3) is 22.6 Å². The fourth-order valence-corrected chi connectivity index (χ4v) is 3.21. The maximum atomic E-state index is 12.8. The molecule has 1 fully saturated rings. The number of benzene rings is 1. The van der Waals surface area contributed by atoms with Gasteiger partial charge in [-0.2, -0.15) is 4.57 Å². The number of nitrogens with zero attached hydrogens (tertiary/aromatic N) is 5. The van der Waals surface area contributed by atoms with Crippen molar-refractivity contribution in [2.24, 2.45) is 7.05 Å². The van der Waals surface area contributed by atoms with Crippen LogP contribution in [-0.2, 0) is 7.05 Å². The second-order valence-corrected chi connectivity index (χ2v) is 6.28. The zero-order valence-corrected chi connectivity index (χ0v) is 14.7.